The van der Waals surface area contributed by atoms with Crippen molar-refractivity contribution in [1.82, 2.24) is 20.2 Å². The normalized spacial score (nSPS) is 10.4. The number of nitrogens with zero attached hydrogens (tertiary/aromatic N) is 4. The molecular weight excluding hydrogens is 374 g/mol. The van der Waals surface area contributed by atoms with E-state index in [0.717, 1.165) is 4.47 Å². The van der Waals surface area contributed by atoms with Gasteiger partial charge in [-0.05, 0) is 47.7 Å². The summed E-state index contributed by atoms with van der Waals surface area (Å²) >= 11 is 3.36. The Morgan fingerprint density at radius 2 is 2.00 bits per heavy atom. The van der Waals surface area contributed by atoms with Crippen LogP contribution in [0, 0.1) is 0 Å². The van der Waals surface area contributed by atoms with Gasteiger partial charge in [0.15, 0.2) is 5.78 Å². The highest BCUT2D eigenvalue weighted by atomic mass is 79.9. The van der Waals surface area contributed by atoms with Gasteiger partial charge in [0, 0.05) is 15.7 Å². The predicted molar refractivity (Wildman–Crippen MR) is 91.3 cm³/mol. The molecule has 0 radical (unpaired) electrons. The standard InChI is InChI=1S/C16H12BrN5O2/c1-10(23)11-3-2-4-13(7-11)19-16(24)14-8-12(17)5-6-15(14)22-9-18-20-21-22/h2-9H,1H3,(H,19,24). The largest absolute Gasteiger partial charge is 0.322 e. The number of halogens is 1. The minimum atomic E-state index is -0.331. The second-order valence-corrected chi connectivity index (χ2v) is 5.92. The molecule has 120 valence electrons. The van der Waals surface area contributed by atoms with E-state index in [2.05, 4.69) is 36.8 Å². The molecule has 0 unspecified atom stereocenters. The molecule has 0 atom stereocenters. The van der Waals surface area contributed by atoms with E-state index in [1.54, 1.807) is 42.5 Å². The Balaban J connectivity index is 1.94. The molecule has 1 amide bonds. The average molecular weight is 386 g/mol. The number of Topliss-reactive ketones (excluding diaryl/α,β-unsaturated/α-hetero) is 1. The van der Waals surface area contributed by atoms with E-state index in [0.29, 0.717) is 22.5 Å². The van der Waals surface area contributed by atoms with E-state index in [4.69, 9.17) is 0 Å². The van der Waals surface area contributed by atoms with Gasteiger partial charge in [-0.15, -0.1) is 5.10 Å². The van der Waals surface area contributed by atoms with Crippen LogP contribution < -0.4 is 5.32 Å². The molecular formula is C16H12BrN5O2. The highest BCUT2D eigenvalue weighted by Crippen LogP contribution is 2.21. The molecule has 3 rings (SSSR count). The van der Waals surface area contributed by atoms with Gasteiger partial charge in [0.2, 0.25) is 0 Å². The number of hydrogen-bond acceptors (Lipinski definition) is 5. The molecule has 0 saturated carbocycles. The first-order chi connectivity index (χ1) is 11.5. The van der Waals surface area contributed by atoms with Gasteiger partial charge >= 0.3 is 0 Å². The zero-order chi connectivity index (χ0) is 17.1. The number of anilines is 1. The van der Waals surface area contributed by atoms with Crippen LogP contribution in [0.4, 0.5) is 5.69 Å². The minimum Gasteiger partial charge on any atom is -0.322 e. The molecule has 1 heterocycles. The molecule has 0 spiro atoms. The molecule has 1 aromatic heterocycles. The molecule has 0 aliphatic rings. The smallest absolute Gasteiger partial charge is 0.257 e. The van der Waals surface area contributed by atoms with Crippen LogP contribution in [0.2, 0.25) is 0 Å². The Labute approximate surface area is 145 Å². The number of nitrogens with one attached hydrogen (secondary N) is 1. The van der Waals surface area contributed by atoms with Crippen molar-refractivity contribution in [1.29, 1.82) is 0 Å². The van der Waals surface area contributed by atoms with Crippen LogP contribution in [0.3, 0.4) is 0 Å². The number of ketones is 1. The first kappa shape index (κ1) is 16.0. The van der Waals surface area contributed by atoms with Gasteiger partial charge in [-0.25, -0.2) is 0 Å². The lowest BCUT2D eigenvalue weighted by Gasteiger charge is -2.10. The molecule has 2 aromatic carbocycles. The molecule has 0 aliphatic heterocycles. The monoisotopic (exact) mass is 385 g/mol. The van der Waals surface area contributed by atoms with Crippen molar-refractivity contribution in [3.8, 4) is 5.69 Å². The Bertz CT molecular complexity index is 909. The van der Waals surface area contributed by atoms with Crippen molar-refractivity contribution in [2.45, 2.75) is 6.92 Å². The number of carbonyl (C=O) groups excluding carboxylic acids is 2. The maximum atomic E-state index is 12.7. The fraction of sp³-hybridized carbons (Fsp3) is 0.0625. The fourth-order valence-corrected chi connectivity index (χ4v) is 2.54. The third-order valence-corrected chi connectivity index (χ3v) is 3.82. The van der Waals surface area contributed by atoms with Crippen LogP contribution in [0.1, 0.15) is 27.6 Å². The summed E-state index contributed by atoms with van der Waals surface area (Å²) in [5.74, 6) is -0.398. The third kappa shape index (κ3) is 3.38. The Kier molecular flexibility index (Phi) is 4.48. The Morgan fingerprint density at radius 3 is 2.71 bits per heavy atom. The minimum absolute atomic E-state index is 0.0667. The number of amides is 1. The molecule has 3 aromatic rings. The summed E-state index contributed by atoms with van der Waals surface area (Å²) in [5, 5.41) is 13.8. The molecule has 0 saturated heterocycles. The van der Waals surface area contributed by atoms with Crippen molar-refractivity contribution >= 4 is 33.3 Å². The van der Waals surface area contributed by atoms with Gasteiger partial charge in [0.25, 0.3) is 5.91 Å². The molecule has 0 fully saturated rings. The summed E-state index contributed by atoms with van der Waals surface area (Å²) in [7, 11) is 0. The SMILES string of the molecule is CC(=O)c1cccc(NC(=O)c2cc(Br)ccc2-n2cnnn2)c1. The first-order valence-electron chi connectivity index (χ1n) is 7.00. The summed E-state index contributed by atoms with van der Waals surface area (Å²) in [6.07, 6.45) is 1.41. The predicted octanol–water partition coefficient (Wildman–Crippen LogP) is 2.88. The van der Waals surface area contributed by atoms with Crippen molar-refractivity contribution in [3.63, 3.8) is 0 Å². The average Bonchev–Trinajstić information content (AvgIpc) is 3.09. The first-order valence-corrected chi connectivity index (χ1v) is 7.79. The number of rotatable bonds is 4. The summed E-state index contributed by atoms with van der Waals surface area (Å²) in [6.45, 7) is 1.48. The fourth-order valence-electron chi connectivity index (χ4n) is 2.18. The maximum absolute atomic E-state index is 12.7. The lowest BCUT2D eigenvalue weighted by Crippen LogP contribution is -2.15. The number of hydrogen-bond donors (Lipinski definition) is 1. The third-order valence-electron chi connectivity index (χ3n) is 3.33. The molecule has 7 nitrogen and oxygen atoms in total. The van der Waals surface area contributed by atoms with E-state index in [-0.39, 0.29) is 11.7 Å². The zero-order valence-electron chi connectivity index (χ0n) is 12.6. The van der Waals surface area contributed by atoms with E-state index < -0.39 is 0 Å². The number of aromatic nitrogens is 4. The van der Waals surface area contributed by atoms with Gasteiger partial charge in [0.1, 0.15) is 6.33 Å². The van der Waals surface area contributed by atoms with Crippen molar-refractivity contribution < 1.29 is 9.59 Å². The lowest BCUT2D eigenvalue weighted by molar-refractivity contribution is 0.101. The molecule has 0 bridgehead atoms. The molecule has 0 aliphatic carbocycles. The van der Waals surface area contributed by atoms with Crippen LogP contribution in [0.25, 0.3) is 5.69 Å². The van der Waals surface area contributed by atoms with Gasteiger partial charge in [-0.3, -0.25) is 9.59 Å². The van der Waals surface area contributed by atoms with Crippen molar-refractivity contribution in [2.24, 2.45) is 0 Å². The summed E-state index contributed by atoms with van der Waals surface area (Å²) < 4.78 is 2.16. The van der Waals surface area contributed by atoms with Crippen molar-refractivity contribution in [3.05, 3.63) is 64.4 Å². The van der Waals surface area contributed by atoms with Gasteiger partial charge in [-0.2, -0.15) is 4.68 Å². The maximum Gasteiger partial charge on any atom is 0.257 e. The Morgan fingerprint density at radius 1 is 1.17 bits per heavy atom. The second kappa shape index (κ2) is 6.71. The highest BCUT2D eigenvalue weighted by molar-refractivity contribution is 9.10. The van der Waals surface area contributed by atoms with E-state index in [1.807, 2.05) is 0 Å². The summed E-state index contributed by atoms with van der Waals surface area (Å²) in [4.78, 5) is 24.1. The topological polar surface area (TPSA) is 89.8 Å². The zero-order valence-corrected chi connectivity index (χ0v) is 14.2. The number of benzene rings is 2. The van der Waals surface area contributed by atoms with Gasteiger partial charge in [0.05, 0.1) is 11.3 Å². The molecule has 8 heteroatoms. The number of tetrazole rings is 1. The lowest BCUT2D eigenvalue weighted by atomic mass is 10.1. The van der Waals surface area contributed by atoms with Crippen LogP contribution in [0.5, 0.6) is 0 Å². The molecule has 24 heavy (non-hydrogen) atoms. The highest BCUT2D eigenvalue weighted by Gasteiger charge is 2.15. The second-order valence-electron chi connectivity index (χ2n) is 5.01. The van der Waals surface area contributed by atoms with Crippen molar-refractivity contribution in [2.75, 3.05) is 5.32 Å². The van der Waals surface area contributed by atoms with E-state index in [9.17, 15) is 9.59 Å². The van der Waals surface area contributed by atoms with Crippen LogP contribution in [-0.2, 0) is 0 Å². The quantitative estimate of drug-likeness (QED) is 0.697. The number of carbonyl (C=O) groups is 2. The van der Waals surface area contributed by atoms with Gasteiger partial charge < -0.3 is 5.32 Å². The van der Waals surface area contributed by atoms with Crippen LogP contribution in [0.15, 0.2) is 53.3 Å². The van der Waals surface area contributed by atoms with Crippen LogP contribution in [-0.4, -0.2) is 31.9 Å². The summed E-state index contributed by atoms with van der Waals surface area (Å²) in [6, 6.07) is 12.0. The Hall–Kier alpha value is -2.87. The van der Waals surface area contributed by atoms with E-state index in [1.165, 1.54) is 17.9 Å². The van der Waals surface area contributed by atoms with Gasteiger partial charge in [-0.1, -0.05) is 28.1 Å². The van der Waals surface area contributed by atoms with E-state index >= 15 is 0 Å². The van der Waals surface area contributed by atoms with Crippen LogP contribution >= 0.6 is 15.9 Å². The molecule has 1 N–H and O–H groups in total. The summed E-state index contributed by atoms with van der Waals surface area (Å²) in [5.41, 5.74) is 2.01.